The fourth-order valence-corrected chi connectivity index (χ4v) is 2.04. The largest absolute Gasteiger partial charge is 0.364 e. The Morgan fingerprint density at radius 3 is 2.83 bits per heavy atom. The van der Waals surface area contributed by atoms with Crippen molar-refractivity contribution < 1.29 is 9.59 Å². The minimum absolute atomic E-state index is 0.0600. The van der Waals surface area contributed by atoms with E-state index in [1.54, 1.807) is 13.0 Å². The second-order valence-corrected chi connectivity index (χ2v) is 5.40. The number of carbonyl (C=O) groups excluding carboxylic acids is 2. The molecule has 0 aliphatic heterocycles. The molecule has 0 fully saturated rings. The van der Waals surface area contributed by atoms with Gasteiger partial charge in [0.2, 0.25) is 0 Å². The van der Waals surface area contributed by atoms with Gasteiger partial charge in [-0.25, -0.2) is 15.8 Å². The molecule has 5 N–H and O–H groups in total. The molecule has 2 aromatic rings. The monoisotopic (exact) mass is 349 g/mol. The van der Waals surface area contributed by atoms with Gasteiger partial charge in [-0.1, -0.05) is 11.6 Å². The van der Waals surface area contributed by atoms with Gasteiger partial charge in [0.15, 0.2) is 17.3 Å². The lowest BCUT2D eigenvalue weighted by Crippen LogP contribution is -2.40. The number of carbonyl (C=O) groups is 2. The van der Waals surface area contributed by atoms with E-state index in [-0.39, 0.29) is 29.8 Å². The summed E-state index contributed by atoms with van der Waals surface area (Å²) in [5.41, 5.74) is 5.76. The van der Waals surface area contributed by atoms with Crippen LogP contribution in [0.3, 0.4) is 0 Å². The summed E-state index contributed by atoms with van der Waals surface area (Å²) in [5.74, 6) is 5.56. The molecule has 10 heteroatoms. The fourth-order valence-electron chi connectivity index (χ4n) is 1.87. The maximum atomic E-state index is 11.5. The number of anilines is 3. The second kappa shape index (κ2) is 7.66. The maximum absolute atomic E-state index is 11.5. The van der Waals surface area contributed by atoms with Crippen LogP contribution in [0.1, 0.15) is 23.8 Å². The summed E-state index contributed by atoms with van der Waals surface area (Å²) in [6.07, 6.45) is 5.25. The van der Waals surface area contributed by atoms with Gasteiger partial charge in [-0.2, -0.15) is 0 Å². The van der Waals surface area contributed by atoms with Crippen LogP contribution in [0, 0.1) is 0 Å². The molecule has 126 valence electrons. The number of hydrogen-bond donors (Lipinski definition) is 3. The van der Waals surface area contributed by atoms with Gasteiger partial charge in [0.25, 0.3) is 5.91 Å². The molecule has 0 saturated carbocycles. The van der Waals surface area contributed by atoms with Crippen molar-refractivity contribution in [2.45, 2.75) is 19.4 Å². The lowest BCUT2D eigenvalue weighted by atomic mass is 10.2. The third-order valence-corrected chi connectivity index (χ3v) is 3.34. The Labute approximate surface area is 143 Å². The standard InChI is InChI=1S/C14H16ClN7O2/c1-8(2-3-23)22(17)11-7-19-12(13(16)24)14(21-11)20-10-4-9(15)5-18-6-10/h3-8H,2,17H2,1H3,(H2,16,24)(H,20,21). The summed E-state index contributed by atoms with van der Waals surface area (Å²) in [5, 5.41) is 4.58. The highest BCUT2D eigenvalue weighted by molar-refractivity contribution is 6.30. The molecular weight excluding hydrogens is 334 g/mol. The van der Waals surface area contributed by atoms with E-state index in [4.69, 9.17) is 23.2 Å². The molecule has 2 heterocycles. The summed E-state index contributed by atoms with van der Waals surface area (Å²) >= 11 is 5.88. The molecule has 0 aromatic carbocycles. The lowest BCUT2D eigenvalue weighted by Gasteiger charge is -2.24. The van der Waals surface area contributed by atoms with Crippen molar-refractivity contribution in [2.75, 3.05) is 10.3 Å². The molecular formula is C14H16ClN7O2. The second-order valence-electron chi connectivity index (χ2n) is 4.97. The molecule has 0 radical (unpaired) electrons. The first-order valence-corrected chi connectivity index (χ1v) is 7.32. The summed E-state index contributed by atoms with van der Waals surface area (Å²) < 4.78 is 0. The minimum Gasteiger partial charge on any atom is -0.364 e. The number of halogens is 1. The molecule has 0 saturated heterocycles. The summed E-state index contributed by atoms with van der Waals surface area (Å²) in [6, 6.07) is 1.31. The average molecular weight is 350 g/mol. The SMILES string of the molecule is CC(CC=O)N(N)c1cnc(C(N)=O)c(Nc2cncc(Cl)c2)n1. The van der Waals surface area contributed by atoms with Gasteiger partial charge in [0.05, 0.1) is 29.1 Å². The molecule has 1 amide bonds. The molecule has 2 rings (SSSR count). The van der Waals surface area contributed by atoms with E-state index in [1.165, 1.54) is 23.6 Å². The van der Waals surface area contributed by atoms with E-state index in [2.05, 4.69) is 20.3 Å². The Hall–Kier alpha value is -2.78. The van der Waals surface area contributed by atoms with Crippen molar-refractivity contribution in [3.05, 3.63) is 35.4 Å². The predicted molar refractivity (Wildman–Crippen MR) is 89.9 cm³/mol. The smallest absolute Gasteiger partial charge is 0.271 e. The number of nitrogens with one attached hydrogen (secondary N) is 1. The van der Waals surface area contributed by atoms with Gasteiger partial charge in [-0.3, -0.25) is 14.8 Å². The zero-order valence-corrected chi connectivity index (χ0v) is 13.6. The normalized spacial score (nSPS) is 11.6. The zero-order chi connectivity index (χ0) is 17.7. The minimum atomic E-state index is -0.754. The Balaban J connectivity index is 2.38. The van der Waals surface area contributed by atoms with Crippen molar-refractivity contribution in [2.24, 2.45) is 11.6 Å². The first kappa shape index (κ1) is 17.6. The van der Waals surface area contributed by atoms with Gasteiger partial charge in [0, 0.05) is 12.6 Å². The van der Waals surface area contributed by atoms with Crippen LogP contribution in [0.5, 0.6) is 0 Å². The van der Waals surface area contributed by atoms with Crippen LogP contribution in [-0.4, -0.2) is 33.2 Å². The highest BCUT2D eigenvalue weighted by Crippen LogP contribution is 2.22. The summed E-state index contributed by atoms with van der Waals surface area (Å²) in [4.78, 5) is 34.4. The fraction of sp³-hybridized carbons (Fsp3) is 0.214. The Morgan fingerprint density at radius 1 is 1.46 bits per heavy atom. The van der Waals surface area contributed by atoms with Crippen LogP contribution in [0.25, 0.3) is 0 Å². The lowest BCUT2D eigenvalue weighted by molar-refractivity contribution is -0.108. The van der Waals surface area contributed by atoms with Crippen molar-refractivity contribution in [3.8, 4) is 0 Å². The summed E-state index contributed by atoms with van der Waals surface area (Å²) in [7, 11) is 0. The number of amides is 1. The molecule has 0 bridgehead atoms. The molecule has 0 spiro atoms. The molecule has 0 aliphatic carbocycles. The molecule has 9 nitrogen and oxygen atoms in total. The maximum Gasteiger partial charge on any atom is 0.271 e. The van der Waals surface area contributed by atoms with Crippen molar-refractivity contribution in [1.82, 2.24) is 15.0 Å². The Kier molecular flexibility index (Phi) is 5.61. The number of hydrazine groups is 1. The number of pyridine rings is 1. The van der Waals surface area contributed by atoms with Gasteiger partial charge < -0.3 is 15.8 Å². The number of aromatic nitrogens is 3. The van der Waals surface area contributed by atoms with E-state index >= 15 is 0 Å². The molecule has 24 heavy (non-hydrogen) atoms. The van der Waals surface area contributed by atoms with Gasteiger partial charge in [-0.15, -0.1) is 0 Å². The quantitative estimate of drug-likeness (QED) is 0.382. The van der Waals surface area contributed by atoms with Gasteiger partial charge in [-0.05, 0) is 13.0 Å². The van der Waals surface area contributed by atoms with E-state index in [9.17, 15) is 9.59 Å². The van der Waals surface area contributed by atoms with Crippen LogP contribution >= 0.6 is 11.6 Å². The first-order chi connectivity index (χ1) is 11.4. The zero-order valence-electron chi connectivity index (χ0n) is 12.8. The van der Waals surface area contributed by atoms with Crippen LogP contribution < -0.4 is 21.9 Å². The van der Waals surface area contributed by atoms with Crippen LogP contribution in [0.2, 0.25) is 5.02 Å². The van der Waals surface area contributed by atoms with E-state index in [0.29, 0.717) is 10.7 Å². The van der Waals surface area contributed by atoms with E-state index in [1.807, 2.05) is 0 Å². The topological polar surface area (TPSA) is 140 Å². The van der Waals surface area contributed by atoms with Crippen molar-refractivity contribution in [3.63, 3.8) is 0 Å². The third kappa shape index (κ3) is 4.15. The molecule has 2 aromatic heterocycles. The van der Waals surface area contributed by atoms with E-state index in [0.717, 1.165) is 6.29 Å². The average Bonchev–Trinajstić information content (AvgIpc) is 2.54. The highest BCUT2D eigenvalue weighted by Gasteiger charge is 2.18. The van der Waals surface area contributed by atoms with Gasteiger partial charge in [0.1, 0.15) is 6.29 Å². The van der Waals surface area contributed by atoms with Gasteiger partial charge >= 0.3 is 0 Å². The molecule has 1 unspecified atom stereocenters. The third-order valence-electron chi connectivity index (χ3n) is 3.14. The summed E-state index contributed by atoms with van der Waals surface area (Å²) in [6.45, 7) is 1.76. The highest BCUT2D eigenvalue weighted by atomic mass is 35.5. The molecule has 0 aliphatic rings. The van der Waals surface area contributed by atoms with Crippen molar-refractivity contribution >= 4 is 41.1 Å². The van der Waals surface area contributed by atoms with Crippen LogP contribution in [0.4, 0.5) is 17.3 Å². The first-order valence-electron chi connectivity index (χ1n) is 6.94. The van der Waals surface area contributed by atoms with Crippen LogP contribution in [0.15, 0.2) is 24.7 Å². The van der Waals surface area contributed by atoms with Crippen molar-refractivity contribution in [1.29, 1.82) is 0 Å². The Morgan fingerprint density at radius 2 is 2.21 bits per heavy atom. The number of nitrogens with two attached hydrogens (primary N) is 2. The number of nitrogens with zero attached hydrogens (tertiary/aromatic N) is 4. The Bertz CT molecular complexity index is 756. The predicted octanol–water partition coefficient (Wildman–Crippen LogP) is 1.03. The number of hydrogen-bond acceptors (Lipinski definition) is 8. The number of primary amides is 1. The van der Waals surface area contributed by atoms with Crippen LogP contribution in [-0.2, 0) is 4.79 Å². The number of rotatable bonds is 7. The molecule has 1 atom stereocenters. The number of aldehydes is 1. The van der Waals surface area contributed by atoms with E-state index < -0.39 is 5.91 Å².